The van der Waals surface area contributed by atoms with Gasteiger partial charge in [0.15, 0.2) is 11.5 Å². The van der Waals surface area contributed by atoms with E-state index >= 15 is 0 Å². The molecule has 43 heavy (non-hydrogen) atoms. The van der Waals surface area contributed by atoms with Gasteiger partial charge in [-0.3, -0.25) is 0 Å². The molecule has 0 radical (unpaired) electrons. The predicted molar refractivity (Wildman–Crippen MR) is 162 cm³/mol. The third kappa shape index (κ3) is 7.23. The second kappa shape index (κ2) is 14.8. The van der Waals surface area contributed by atoms with Gasteiger partial charge in [0.2, 0.25) is 0 Å². The number of nitrogens with one attached hydrogen (secondary N) is 1. The number of methoxy groups -OCH3 is 2. The van der Waals surface area contributed by atoms with E-state index in [-0.39, 0.29) is 6.03 Å². The van der Waals surface area contributed by atoms with E-state index in [4.69, 9.17) is 18.9 Å². The molecular weight excluding hydrogens is 552 g/mol. The first-order chi connectivity index (χ1) is 21.1. The number of ether oxygens (including phenoxy) is 4. The first-order valence-electron chi connectivity index (χ1n) is 14.4. The van der Waals surface area contributed by atoms with Crippen LogP contribution in [0.5, 0.6) is 11.5 Å². The molecule has 13 nitrogen and oxygen atoms in total. The van der Waals surface area contributed by atoms with E-state index in [0.29, 0.717) is 82.8 Å². The zero-order valence-electron chi connectivity index (χ0n) is 24.7. The highest BCUT2D eigenvalue weighted by Gasteiger charge is 2.32. The van der Waals surface area contributed by atoms with Crippen LogP contribution in [0.1, 0.15) is 5.56 Å². The predicted octanol–water partition coefficient (Wildman–Crippen LogP) is 2.12. The normalized spacial score (nSPS) is 15.7. The second-order valence-electron chi connectivity index (χ2n) is 10.1. The lowest BCUT2D eigenvalue weighted by Crippen LogP contribution is -2.60. The Labute approximate surface area is 251 Å². The van der Waals surface area contributed by atoms with E-state index in [1.54, 1.807) is 37.7 Å². The van der Waals surface area contributed by atoms with Crippen LogP contribution in [-0.2, 0) is 9.47 Å². The van der Waals surface area contributed by atoms with Crippen molar-refractivity contribution in [3.8, 4) is 17.6 Å². The largest absolute Gasteiger partial charge is 0.487 e. The average Bonchev–Trinajstić information content (AvgIpc) is 3.06. The molecule has 2 aromatic carbocycles. The molecule has 2 saturated heterocycles. The number of urea groups is 1. The Hall–Kier alpha value is -4.22. The van der Waals surface area contributed by atoms with Gasteiger partial charge in [-0.1, -0.05) is 0 Å². The van der Waals surface area contributed by atoms with Gasteiger partial charge in [-0.15, -0.1) is 0 Å². The summed E-state index contributed by atoms with van der Waals surface area (Å²) >= 11 is 0. The highest BCUT2D eigenvalue weighted by atomic mass is 16.5. The van der Waals surface area contributed by atoms with Crippen molar-refractivity contribution in [3.05, 3.63) is 48.3 Å². The van der Waals surface area contributed by atoms with Crippen LogP contribution in [0.2, 0.25) is 0 Å². The van der Waals surface area contributed by atoms with E-state index in [1.165, 1.54) is 0 Å². The van der Waals surface area contributed by atoms with Gasteiger partial charge in [0.1, 0.15) is 25.4 Å². The molecule has 1 aromatic heterocycles. The molecule has 2 aliphatic rings. The molecule has 2 fully saturated rings. The molecule has 0 unspecified atom stereocenters. The summed E-state index contributed by atoms with van der Waals surface area (Å²) < 4.78 is 22.2. The van der Waals surface area contributed by atoms with Gasteiger partial charge in [-0.05, 0) is 30.3 Å². The van der Waals surface area contributed by atoms with E-state index in [2.05, 4.69) is 31.3 Å². The minimum Gasteiger partial charge on any atom is -0.487 e. The van der Waals surface area contributed by atoms with Crippen molar-refractivity contribution in [2.24, 2.45) is 0 Å². The van der Waals surface area contributed by atoms with Gasteiger partial charge in [-0.2, -0.15) is 5.26 Å². The van der Waals surface area contributed by atoms with Crippen molar-refractivity contribution in [1.82, 2.24) is 25.2 Å². The zero-order chi connectivity index (χ0) is 30.0. The van der Waals surface area contributed by atoms with Crippen LogP contribution in [0.3, 0.4) is 0 Å². The summed E-state index contributed by atoms with van der Waals surface area (Å²) in [5.74, 6) is 1.96. The lowest BCUT2D eigenvalue weighted by molar-refractivity contribution is 0.132. The number of fused-ring (bicyclic) bond motifs is 1. The first-order valence-corrected chi connectivity index (χ1v) is 14.4. The van der Waals surface area contributed by atoms with Crippen molar-refractivity contribution in [3.63, 3.8) is 0 Å². The third-order valence-electron chi connectivity index (χ3n) is 7.42. The van der Waals surface area contributed by atoms with Gasteiger partial charge in [0, 0.05) is 78.0 Å². The van der Waals surface area contributed by atoms with E-state index in [1.807, 2.05) is 29.2 Å². The molecular formula is C30H38N8O5. The molecule has 2 amide bonds. The number of carbonyl (C=O) groups excluding carboxylic acids is 1. The van der Waals surface area contributed by atoms with Crippen LogP contribution < -0.4 is 24.7 Å². The number of benzene rings is 2. The van der Waals surface area contributed by atoms with Gasteiger partial charge in [-0.25, -0.2) is 24.8 Å². The van der Waals surface area contributed by atoms with Crippen molar-refractivity contribution < 1.29 is 23.7 Å². The molecule has 1 N–H and O–H groups in total. The summed E-state index contributed by atoms with van der Waals surface area (Å²) in [6.45, 7) is 6.92. The Morgan fingerprint density at radius 3 is 2.19 bits per heavy atom. The molecule has 2 aliphatic heterocycles. The van der Waals surface area contributed by atoms with Crippen LogP contribution in [0.25, 0.3) is 10.9 Å². The number of hydrazine groups is 1. The van der Waals surface area contributed by atoms with Crippen molar-refractivity contribution in [2.75, 3.05) is 103 Å². The lowest BCUT2D eigenvalue weighted by Gasteiger charge is -2.43. The van der Waals surface area contributed by atoms with E-state index < -0.39 is 0 Å². The summed E-state index contributed by atoms with van der Waals surface area (Å²) in [5, 5.41) is 17.3. The number of hydrogen-bond donors (Lipinski definition) is 1. The Morgan fingerprint density at radius 1 is 0.907 bits per heavy atom. The van der Waals surface area contributed by atoms with Gasteiger partial charge < -0.3 is 34.1 Å². The fraction of sp³-hybridized carbons (Fsp3) is 0.467. The first kappa shape index (κ1) is 30.2. The Morgan fingerprint density at radius 2 is 1.56 bits per heavy atom. The molecule has 0 spiro atoms. The average molecular weight is 591 g/mol. The number of amides is 2. The smallest absolute Gasteiger partial charge is 0.339 e. The zero-order valence-corrected chi connectivity index (χ0v) is 24.7. The Kier molecular flexibility index (Phi) is 10.4. The number of carbonyl (C=O) groups is 1. The minimum atomic E-state index is -0.0639. The topological polar surface area (TPSA) is 129 Å². The highest BCUT2D eigenvalue weighted by Crippen LogP contribution is 2.36. The van der Waals surface area contributed by atoms with Crippen LogP contribution in [0, 0.1) is 11.3 Å². The SMILES string of the molecule is COCCOc1cc2ncnc(N3CCN(N(C(=O)N4CCNCC4)c4ccc(C#N)cc4)CC3)c2cc1OCCOC. The summed E-state index contributed by atoms with van der Waals surface area (Å²) in [7, 11) is 3.26. The third-order valence-corrected chi connectivity index (χ3v) is 7.42. The van der Waals surface area contributed by atoms with E-state index in [0.717, 1.165) is 35.5 Å². The van der Waals surface area contributed by atoms with Crippen LogP contribution in [0.15, 0.2) is 42.7 Å². The maximum Gasteiger partial charge on any atom is 0.339 e. The highest BCUT2D eigenvalue weighted by molar-refractivity contribution is 5.93. The quantitative estimate of drug-likeness (QED) is 0.330. The molecule has 3 aromatic rings. The maximum atomic E-state index is 13.8. The number of rotatable bonds is 11. The van der Waals surface area contributed by atoms with Crippen molar-refractivity contribution in [2.45, 2.75) is 0 Å². The standard InChI is InChI=1S/C30H38N8O5/c1-40-15-17-42-27-19-25-26(20-28(27)43-18-16-41-2)33-22-34-29(25)35-11-13-37(14-12-35)38(24-5-3-23(21-31)4-6-24)30(39)36-9-7-32-8-10-36/h3-6,19-20,22,32H,7-18H2,1-2H3. The number of hydrogen-bond acceptors (Lipinski definition) is 11. The van der Waals surface area contributed by atoms with Crippen LogP contribution >= 0.6 is 0 Å². The summed E-state index contributed by atoms with van der Waals surface area (Å²) in [4.78, 5) is 27.0. The van der Waals surface area contributed by atoms with Crippen molar-refractivity contribution in [1.29, 1.82) is 5.26 Å². The number of nitrogens with zero attached hydrogens (tertiary/aromatic N) is 7. The van der Waals surface area contributed by atoms with E-state index in [9.17, 15) is 10.1 Å². The van der Waals surface area contributed by atoms with Crippen LogP contribution in [-0.4, -0.2) is 119 Å². The second-order valence-corrected chi connectivity index (χ2v) is 10.1. The monoisotopic (exact) mass is 590 g/mol. The molecule has 0 bridgehead atoms. The van der Waals surface area contributed by atoms with Gasteiger partial charge >= 0.3 is 6.03 Å². The van der Waals surface area contributed by atoms with Crippen molar-refractivity contribution >= 4 is 28.4 Å². The molecule has 3 heterocycles. The van der Waals surface area contributed by atoms with Gasteiger partial charge in [0.05, 0.1) is 36.1 Å². The molecule has 0 aliphatic carbocycles. The summed E-state index contributed by atoms with van der Waals surface area (Å²) in [5.41, 5.74) is 2.03. The molecule has 0 atom stereocenters. The molecule has 0 saturated carbocycles. The lowest BCUT2D eigenvalue weighted by atomic mass is 10.2. The Balaban J connectivity index is 1.37. The minimum absolute atomic E-state index is 0.0639. The number of piperazine rings is 2. The van der Waals surface area contributed by atoms with Crippen LogP contribution in [0.4, 0.5) is 16.3 Å². The molecule has 228 valence electrons. The number of nitriles is 1. The molecule has 5 rings (SSSR count). The number of aromatic nitrogens is 2. The summed E-state index contributed by atoms with van der Waals surface area (Å²) in [6, 6.07) is 13.0. The summed E-state index contributed by atoms with van der Waals surface area (Å²) in [6.07, 6.45) is 1.56. The fourth-order valence-corrected chi connectivity index (χ4v) is 5.17. The number of anilines is 2. The maximum absolute atomic E-state index is 13.8. The Bertz CT molecular complexity index is 1400. The van der Waals surface area contributed by atoms with Gasteiger partial charge in [0.25, 0.3) is 0 Å². The molecule has 13 heteroatoms. The fourth-order valence-electron chi connectivity index (χ4n) is 5.17.